The molecular formula is C15H15BrClNO. The standard InChI is InChI=1S/C15H15BrClNO/c1-2-12(10-6-3-4-9-14(10)19)18-13-8-5-7-11(17)15(13)16/h3-9,12,18-19H,2H2,1H3. The molecular weight excluding hydrogens is 326 g/mol. The first-order valence-electron chi connectivity index (χ1n) is 6.12. The summed E-state index contributed by atoms with van der Waals surface area (Å²) in [6.45, 7) is 2.07. The third-order valence-electron chi connectivity index (χ3n) is 3.00. The molecule has 0 aliphatic heterocycles. The van der Waals surface area contributed by atoms with Gasteiger partial charge < -0.3 is 10.4 Å². The summed E-state index contributed by atoms with van der Waals surface area (Å²) in [6.07, 6.45) is 0.858. The molecule has 0 aliphatic rings. The normalized spacial score (nSPS) is 12.2. The molecule has 100 valence electrons. The van der Waals surface area contributed by atoms with Crippen molar-refractivity contribution in [1.82, 2.24) is 0 Å². The van der Waals surface area contributed by atoms with Crippen molar-refractivity contribution in [3.8, 4) is 5.75 Å². The Bertz CT molecular complexity index is 574. The van der Waals surface area contributed by atoms with Crippen LogP contribution in [0.4, 0.5) is 5.69 Å². The Balaban J connectivity index is 2.30. The number of hydrogen-bond donors (Lipinski definition) is 2. The van der Waals surface area contributed by atoms with Gasteiger partial charge in [-0.3, -0.25) is 0 Å². The van der Waals surface area contributed by atoms with Crippen molar-refractivity contribution >= 4 is 33.2 Å². The van der Waals surface area contributed by atoms with Gasteiger partial charge in [0.1, 0.15) is 5.75 Å². The molecule has 1 atom stereocenters. The van der Waals surface area contributed by atoms with Crippen LogP contribution in [0.25, 0.3) is 0 Å². The second-order valence-electron chi connectivity index (χ2n) is 4.27. The predicted molar refractivity (Wildman–Crippen MR) is 83.9 cm³/mol. The van der Waals surface area contributed by atoms with Gasteiger partial charge in [-0.05, 0) is 40.5 Å². The van der Waals surface area contributed by atoms with Gasteiger partial charge in [0.05, 0.1) is 21.2 Å². The molecule has 2 aromatic rings. The molecule has 0 fully saturated rings. The lowest BCUT2D eigenvalue weighted by Crippen LogP contribution is -2.10. The fourth-order valence-electron chi connectivity index (χ4n) is 1.98. The molecule has 0 bridgehead atoms. The van der Waals surface area contributed by atoms with E-state index in [1.165, 1.54) is 0 Å². The third kappa shape index (κ3) is 3.23. The minimum Gasteiger partial charge on any atom is -0.508 e. The summed E-state index contributed by atoms with van der Waals surface area (Å²) in [5.41, 5.74) is 1.81. The maximum atomic E-state index is 9.94. The van der Waals surface area contributed by atoms with Gasteiger partial charge in [-0.25, -0.2) is 0 Å². The van der Waals surface area contributed by atoms with Crippen molar-refractivity contribution in [2.24, 2.45) is 0 Å². The second kappa shape index (κ2) is 6.31. The van der Waals surface area contributed by atoms with Crippen LogP contribution in [0, 0.1) is 0 Å². The number of anilines is 1. The molecule has 0 saturated heterocycles. The van der Waals surface area contributed by atoms with Crippen molar-refractivity contribution < 1.29 is 5.11 Å². The molecule has 0 aromatic heterocycles. The van der Waals surface area contributed by atoms with Crippen LogP contribution in [0.1, 0.15) is 24.9 Å². The molecule has 4 heteroatoms. The topological polar surface area (TPSA) is 32.3 Å². The van der Waals surface area contributed by atoms with Gasteiger partial charge in [0.15, 0.2) is 0 Å². The molecule has 19 heavy (non-hydrogen) atoms. The zero-order valence-corrected chi connectivity index (χ0v) is 12.9. The average molecular weight is 341 g/mol. The molecule has 2 nitrogen and oxygen atoms in total. The quantitative estimate of drug-likeness (QED) is 0.784. The van der Waals surface area contributed by atoms with Crippen molar-refractivity contribution in [3.05, 3.63) is 57.5 Å². The zero-order valence-electron chi connectivity index (χ0n) is 10.5. The van der Waals surface area contributed by atoms with Gasteiger partial charge in [-0.1, -0.05) is 42.8 Å². The number of phenolic OH excluding ortho intramolecular Hbond substituents is 1. The monoisotopic (exact) mass is 339 g/mol. The molecule has 0 amide bonds. The molecule has 2 aromatic carbocycles. The lowest BCUT2D eigenvalue weighted by Gasteiger charge is -2.21. The maximum Gasteiger partial charge on any atom is 0.120 e. The summed E-state index contributed by atoms with van der Waals surface area (Å²) in [6, 6.07) is 13.1. The van der Waals surface area contributed by atoms with E-state index in [9.17, 15) is 5.11 Å². The van der Waals surface area contributed by atoms with Crippen molar-refractivity contribution in [2.45, 2.75) is 19.4 Å². The van der Waals surface area contributed by atoms with Gasteiger partial charge in [-0.2, -0.15) is 0 Å². The first-order chi connectivity index (χ1) is 9.13. The molecule has 2 rings (SSSR count). The van der Waals surface area contributed by atoms with Crippen molar-refractivity contribution in [1.29, 1.82) is 0 Å². The highest BCUT2D eigenvalue weighted by Gasteiger charge is 2.14. The zero-order chi connectivity index (χ0) is 13.8. The average Bonchev–Trinajstić information content (AvgIpc) is 2.41. The largest absolute Gasteiger partial charge is 0.508 e. The number of halogens is 2. The number of rotatable bonds is 4. The van der Waals surface area contributed by atoms with Gasteiger partial charge in [0.25, 0.3) is 0 Å². The Morgan fingerprint density at radius 3 is 2.63 bits per heavy atom. The maximum absolute atomic E-state index is 9.94. The van der Waals surface area contributed by atoms with Crippen molar-refractivity contribution in [3.63, 3.8) is 0 Å². The summed E-state index contributed by atoms with van der Waals surface area (Å²) in [7, 11) is 0. The third-order valence-corrected chi connectivity index (χ3v) is 4.40. The van der Waals surface area contributed by atoms with E-state index >= 15 is 0 Å². The van der Waals surface area contributed by atoms with E-state index in [0.29, 0.717) is 10.8 Å². The van der Waals surface area contributed by atoms with Crippen molar-refractivity contribution in [2.75, 3.05) is 5.32 Å². The lowest BCUT2D eigenvalue weighted by atomic mass is 10.0. The number of benzene rings is 2. The van der Waals surface area contributed by atoms with Gasteiger partial charge >= 0.3 is 0 Å². The molecule has 0 radical (unpaired) electrons. The van der Waals surface area contributed by atoms with Crippen LogP contribution in [-0.2, 0) is 0 Å². The lowest BCUT2D eigenvalue weighted by molar-refractivity contribution is 0.463. The number of nitrogens with one attached hydrogen (secondary N) is 1. The van der Waals surface area contributed by atoms with E-state index in [0.717, 1.165) is 22.1 Å². The predicted octanol–water partition coefficient (Wildman–Crippen LogP) is 5.37. The fraction of sp³-hybridized carbons (Fsp3) is 0.200. The summed E-state index contributed by atoms with van der Waals surface area (Å²) in [5.74, 6) is 0.306. The number of hydrogen-bond acceptors (Lipinski definition) is 2. The van der Waals surface area contributed by atoms with Crippen LogP contribution >= 0.6 is 27.5 Å². The Kier molecular flexibility index (Phi) is 4.72. The van der Waals surface area contributed by atoms with Gasteiger partial charge in [0.2, 0.25) is 0 Å². The molecule has 0 saturated carbocycles. The van der Waals surface area contributed by atoms with E-state index < -0.39 is 0 Å². The number of para-hydroxylation sites is 1. The smallest absolute Gasteiger partial charge is 0.120 e. The van der Waals surface area contributed by atoms with E-state index in [-0.39, 0.29) is 6.04 Å². The van der Waals surface area contributed by atoms with Gasteiger partial charge in [-0.15, -0.1) is 0 Å². The molecule has 0 aliphatic carbocycles. The highest BCUT2D eigenvalue weighted by molar-refractivity contribution is 9.10. The molecule has 0 heterocycles. The SMILES string of the molecule is CCC(Nc1cccc(Cl)c1Br)c1ccccc1O. The van der Waals surface area contributed by atoms with Crippen LogP contribution in [0.2, 0.25) is 5.02 Å². The Morgan fingerprint density at radius 1 is 1.21 bits per heavy atom. The Labute approximate surface area is 126 Å². The minimum absolute atomic E-state index is 0.0379. The van der Waals surface area contributed by atoms with E-state index in [1.54, 1.807) is 6.07 Å². The first kappa shape index (κ1) is 14.2. The second-order valence-corrected chi connectivity index (χ2v) is 5.47. The molecule has 0 spiro atoms. The fourth-order valence-corrected chi connectivity index (χ4v) is 2.54. The molecule has 1 unspecified atom stereocenters. The van der Waals surface area contributed by atoms with Crippen LogP contribution in [0.3, 0.4) is 0 Å². The van der Waals surface area contributed by atoms with E-state index in [4.69, 9.17) is 11.6 Å². The summed E-state index contributed by atoms with van der Waals surface area (Å²) in [5, 5.41) is 14.0. The Hall–Kier alpha value is -1.19. The first-order valence-corrected chi connectivity index (χ1v) is 7.29. The number of aromatic hydroxyl groups is 1. The minimum atomic E-state index is 0.0379. The summed E-state index contributed by atoms with van der Waals surface area (Å²) < 4.78 is 0.838. The summed E-state index contributed by atoms with van der Waals surface area (Å²) in [4.78, 5) is 0. The molecule has 2 N–H and O–H groups in total. The van der Waals surface area contributed by atoms with Crippen LogP contribution < -0.4 is 5.32 Å². The van der Waals surface area contributed by atoms with Crippen LogP contribution in [0.5, 0.6) is 5.75 Å². The Morgan fingerprint density at radius 2 is 1.95 bits per heavy atom. The highest BCUT2D eigenvalue weighted by atomic mass is 79.9. The van der Waals surface area contributed by atoms with Gasteiger partial charge in [0, 0.05) is 5.56 Å². The summed E-state index contributed by atoms with van der Waals surface area (Å²) >= 11 is 9.55. The van der Waals surface area contributed by atoms with E-state index in [1.807, 2.05) is 36.4 Å². The number of phenols is 1. The van der Waals surface area contributed by atoms with Crippen LogP contribution in [0.15, 0.2) is 46.9 Å². The van der Waals surface area contributed by atoms with E-state index in [2.05, 4.69) is 28.2 Å². The van der Waals surface area contributed by atoms with Crippen LogP contribution in [-0.4, -0.2) is 5.11 Å². The highest BCUT2D eigenvalue weighted by Crippen LogP contribution is 2.35.